The molecule has 0 aliphatic heterocycles. The highest BCUT2D eigenvalue weighted by Crippen LogP contribution is 2.00. The second-order valence-electron chi connectivity index (χ2n) is 1.81. The van der Waals surface area contributed by atoms with E-state index >= 15 is 0 Å². The summed E-state index contributed by atoms with van der Waals surface area (Å²) in [5.41, 5.74) is 0.511. The molecule has 1 heterocycles. The summed E-state index contributed by atoms with van der Waals surface area (Å²) in [5, 5.41) is 5.62. The molecule has 0 spiro atoms. The minimum absolute atomic E-state index is 0.166. The normalized spacial score (nSPS) is 9.80. The standard InChI is InChI=1S/C5H7N3OS/c1-3-2-4(9)8-5(7-3)10-6/h2H,6H2,1H3,(H,7,8,9). The van der Waals surface area contributed by atoms with Crippen molar-refractivity contribution in [3.8, 4) is 0 Å². The minimum Gasteiger partial charge on any atom is -0.300 e. The van der Waals surface area contributed by atoms with Gasteiger partial charge in [0.2, 0.25) is 0 Å². The summed E-state index contributed by atoms with van der Waals surface area (Å²) in [6, 6.07) is 1.42. The van der Waals surface area contributed by atoms with Crippen LogP contribution in [0.2, 0.25) is 0 Å². The van der Waals surface area contributed by atoms with E-state index in [4.69, 9.17) is 5.14 Å². The third kappa shape index (κ3) is 1.58. The lowest BCUT2D eigenvalue weighted by molar-refractivity contribution is 0.906. The third-order valence-electron chi connectivity index (χ3n) is 0.960. The Labute approximate surface area is 62.0 Å². The Balaban J connectivity index is 3.19. The Kier molecular flexibility index (Phi) is 2.08. The molecule has 54 valence electrons. The van der Waals surface area contributed by atoms with Crippen molar-refractivity contribution in [2.45, 2.75) is 12.1 Å². The van der Waals surface area contributed by atoms with Gasteiger partial charge in [0.05, 0.1) is 0 Å². The largest absolute Gasteiger partial charge is 0.300 e. The van der Waals surface area contributed by atoms with Gasteiger partial charge in [-0.1, -0.05) is 0 Å². The van der Waals surface area contributed by atoms with Gasteiger partial charge in [0.1, 0.15) is 0 Å². The molecule has 0 bridgehead atoms. The zero-order valence-electron chi connectivity index (χ0n) is 5.42. The van der Waals surface area contributed by atoms with Gasteiger partial charge in [0.15, 0.2) is 5.16 Å². The van der Waals surface area contributed by atoms with Gasteiger partial charge >= 0.3 is 0 Å². The van der Waals surface area contributed by atoms with Gasteiger partial charge < -0.3 is 4.98 Å². The molecule has 4 nitrogen and oxygen atoms in total. The number of H-pyrrole nitrogens is 1. The molecule has 0 aliphatic rings. The molecule has 0 atom stereocenters. The highest BCUT2D eigenvalue weighted by atomic mass is 32.2. The van der Waals surface area contributed by atoms with Gasteiger partial charge in [0.25, 0.3) is 5.56 Å². The summed E-state index contributed by atoms with van der Waals surface area (Å²) in [6.07, 6.45) is 0. The van der Waals surface area contributed by atoms with E-state index in [9.17, 15) is 4.79 Å². The molecule has 10 heavy (non-hydrogen) atoms. The van der Waals surface area contributed by atoms with Crippen LogP contribution < -0.4 is 10.7 Å². The lowest BCUT2D eigenvalue weighted by Crippen LogP contribution is -2.08. The molecule has 0 aromatic carbocycles. The van der Waals surface area contributed by atoms with E-state index in [1.165, 1.54) is 6.07 Å². The van der Waals surface area contributed by atoms with Gasteiger partial charge in [-0.05, 0) is 18.9 Å². The number of nitrogens with two attached hydrogens (primary N) is 1. The monoisotopic (exact) mass is 157 g/mol. The third-order valence-corrected chi connectivity index (χ3v) is 1.38. The fourth-order valence-electron chi connectivity index (χ4n) is 0.607. The van der Waals surface area contributed by atoms with Crippen molar-refractivity contribution in [2.75, 3.05) is 0 Å². The van der Waals surface area contributed by atoms with Crippen molar-refractivity contribution in [3.05, 3.63) is 22.1 Å². The summed E-state index contributed by atoms with van der Waals surface area (Å²) < 4.78 is 0. The Morgan fingerprint density at radius 1 is 1.80 bits per heavy atom. The van der Waals surface area contributed by atoms with E-state index in [1.54, 1.807) is 6.92 Å². The van der Waals surface area contributed by atoms with Crippen molar-refractivity contribution in [2.24, 2.45) is 5.14 Å². The van der Waals surface area contributed by atoms with Crippen LogP contribution >= 0.6 is 11.9 Å². The summed E-state index contributed by atoms with van der Waals surface area (Å²) in [6.45, 7) is 1.74. The quantitative estimate of drug-likeness (QED) is 0.446. The molecule has 0 saturated heterocycles. The first-order chi connectivity index (χ1) is 4.72. The predicted octanol–water partition coefficient (Wildman–Crippen LogP) is 0.0441. The molecule has 1 aromatic heterocycles. The second-order valence-corrected chi connectivity index (χ2v) is 2.43. The molecular formula is C5H7N3OS. The maximum Gasteiger partial charge on any atom is 0.251 e. The van der Waals surface area contributed by atoms with Crippen molar-refractivity contribution in [1.82, 2.24) is 9.97 Å². The van der Waals surface area contributed by atoms with Gasteiger partial charge in [-0.25, -0.2) is 4.98 Å². The summed E-state index contributed by atoms with van der Waals surface area (Å²) >= 11 is 0.930. The maximum absolute atomic E-state index is 10.7. The fraction of sp³-hybridized carbons (Fsp3) is 0.200. The molecule has 0 unspecified atom stereocenters. The van der Waals surface area contributed by atoms with E-state index in [0.29, 0.717) is 10.9 Å². The topological polar surface area (TPSA) is 71.8 Å². The van der Waals surface area contributed by atoms with Gasteiger partial charge in [-0.2, -0.15) is 0 Å². The molecule has 0 aliphatic carbocycles. The molecule has 0 radical (unpaired) electrons. The van der Waals surface area contributed by atoms with Gasteiger partial charge in [-0.3, -0.25) is 9.93 Å². The van der Waals surface area contributed by atoms with Crippen molar-refractivity contribution in [3.63, 3.8) is 0 Å². The Morgan fingerprint density at radius 2 is 2.50 bits per heavy atom. The fourth-order valence-corrected chi connectivity index (χ4v) is 0.964. The molecule has 5 heteroatoms. The van der Waals surface area contributed by atoms with Crippen molar-refractivity contribution in [1.29, 1.82) is 0 Å². The minimum atomic E-state index is -0.166. The first kappa shape index (κ1) is 7.30. The molecule has 3 N–H and O–H groups in total. The number of nitrogens with one attached hydrogen (secondary N) is 1. The molecule has 1 aromatic rings. The summed E-state index contributed by atoms with van der Waals surface area (Å²) in [7, 11) is 0. The number of aromatic amines is 1. The van der Waals surface area contributed by atoms with E-state index in [2.05, 4.69) is 9.97 Å². The van der Waals surface area contributed by atoms with Crippen LogP contribution in [0.3, 0.4) is 0 Å². The molecular weight excluding hydrogens is 150 g/mol. The average molecular weight is 157 g/mol. The predicted molar refractivity (Wildman–Crippen MR) is 39.6 cm³/mol. The van der Waals surface area contributed by atoms with Crippen molar-refractivity contribution >= 4 is 11.9 Å². The SMILES string of the molecule is Cc1cc(=O)[nH]c(SN)n1. The number of aromatic nitrogens is 2. The first-order valence-electron chi connectivity index (χ1n) is 2.67. The first-order valence-corrected chi connectivity index (χ1v) is 3.55. The van der Waals surface area contributed by atoms with Crippen LogP contribution in [0.25, 0.3) is 0 Å². The highest BCUT2D eigenvalue weighted by Gasteiger charge is 1.93. The molecule has 0 amide bonds. The summed E-state index contributed by atoms with van der Waals surface area (Å²) in [4.78, 5) is 17.1. The number of hydrogen-bond donors (Lipinski definition) is 2. The van der Waals surface area contributed by atoms with Gasteiger partial charge in [-0.15, -0.1) is 0 Å². The van der Waals surface area contributed by atoms with Crippen molar-refractivity contribution < 1.29 is 0 Å². The van der Waals surface area contributed by atoms with Crippen LogP contribution in [0.1, 0.15) is 5.69 Å². The molecule has 0 fully saturated rings. The van der Waals surface area contributed by atoms with E-state index in [0.717, 1.165) is 11.9 Å². The van der Waals surface area contributed by atoms with Gasteiger partial charge in [0, 0.05) is 11.8 Å². The number of hydrogen-bond acceptors (Lipinski definition) is 4. The molecule has 1 rings (SSSR count). The van der Waals surface area contributed by atoms with Crippen LogP contribution in [0, 0.1) is 6.92 Å². The average Bonchev–Trinajstić information content (AvgIpc) is 1.85. The van der Waals surface area contributed by atoms with Crippen LogP contribution in [0.4, 0.5) is 0 Å². The molecule has 0 saturated carbocycles. The van der Waals surface area contributed by atoms with Crippen LogP contribution in [-0.4, -0.2) is 9.97 Å². The lowest BCUT2D eigenvalue weighted by atomic mass is 10.5. The summed E-state index contributed by atoms with van der Waals surface area (Å²) in [5.74, 6) is 0. The Hall–Kier alpha value is -0.810. The van der Waals surface area contributed by atoms with Crippen LogP contribution in [-0.2, 0) is 0 Å². The van der Waals surface area contributed by atoms with Crippen LogP contribution in [0.5, 0.6) is 0 Å². The number of rotatable bonds is 1. The number of aryl methyl sites for hydroxylation is 1. The zero-order valence-corrected chi connectivity index (χ0v) is 6.23. The van der Waals surface area contributed by atoms with Crippen LogP contribution in [0.15, 0.2) is 16.0 Å². The smallest absolute Gasteiger partial charge is 0.251 e. The second kappa shape index (κ2) is 2.85. The Bertz CT molecular complexity index is 282. The zero-order chi connectivity index (χ0) is 7.56. The highest BCUT2D eigenvalue weighted by molar-refractivity contribution is 7.96. The van der Waals surface area contributed by atoms with E-state index in [-0.39, 0.29) is 5.56 Å². The lowest BCUT2D eigenvalue weighted by Gasteiger charge is -1.93. The van der Waals surface area contributed by atoms with E-state index in [1.807, 2.05) is 0 Å². The maximum atomic E-state index is 10.7. The van der Waals surface area contributed by atoms with E-state index < -0.39 is 0 Å². The Morgan fingerprint density at radius 3 is 3.00 bits per heavy atom. The number of nitrogens with zero attached hydrogens (tertiary/aromatic N) is 1.